The first-order valence-corrected chi connectivity index (χ1v) is 10.4. The molecule has 1 aromatic heterocycles. The van der Waals surface area contributed by atoms with E-state index in [-0.39, 0.29) is 0 Å². The summed E-state index contributed by atoms with van der Waals surface area (Å²) in [7, 11) is 0. The minimum Gasteiger partial charge on any atom is -0.359 e. The lowest BCUT2D eigenvalue weighted by atomic mass is 10.0. The number of aromatic nitrogens is 1. The molecule has 1 aliphatic rings. The highest BCUT2D eigenvalue weighted by Gasteiger charge is 2.20. The average molecular weight is 384 g/mol. The first-order chi connectivity index (χ1) is 13.7. The lowest BCUT2D eigenvalue weighted by molar-refractivity contribution is 0.198. The van der Waals surface area contributed by atoms with Gasteiger partial charge in [0.1, 0.15) is 6.54 Å². The van der Waals surface area contributed by atoms with Crippen LogP contribution >= 0.6 is 0 Å². The van der Waals surface area contributed by atoms with E-state index in [1.807, 2.05) is 6.07 Å². The Hall–Kier alpha value is -2.34. The van der Waals surface area contributed by atoms with Crippen molar-refractivity contribution >= 4 is 5.96 Å². The van der Waals surface area contributed by atoms with Gasteiger partial charge in [0.25, 0.3) is 0 Å². The first kappa shape index (κ1) is 20.4. The van der Waals surface area contributed by atoms with Gasteiger partial charge in [-0.2, -0.15) is 0 Å². The van der Waals surface area contributed by atoms with Crippen molar-refractivity contribution in [1.29, 1.82) is 0 Å². The number of hydrogen-bond acceptors (Lipinski definition) is 4. The van der Waals surface area contributed by atoms with E-state index in [1.165, 1.54) is 11.1 Å². The van der Waals surface area contributed by atoms with Crippen molar-refractivity contribution in [2.75, 3.05) is 19.6 Å². The van der Waals surface area contributed by atoms with Crippen LogP contribution < -0.4 is 10.6 Å². The molecule has 0 atom stereocenters. The molecule has 28 heavy (non-hydrogen) atoms. The number of benzene rings is 1. The smallest absolute Gasteiger partial charge is 0.191 e. The van der Waals surface area contributed by atoms with Gasteiger partial charge in [0.05, 0.1) is 5.69 Å². The Labute approximate surface area is 168 Å². The van der Waals surface area contributed by atoms with Crippen LogP contribution in [0.25, 0.3) is 0 Å². The number of nitrogens with zero attached hydrogens (tertiary/aromatic N) is 3. The van der Waals surface area contributed by atoms with Crippen molar-refractivity contribution < 1.29 is 4.52 Å². The van der Waals surface area contributed by atoms with Gasteiger partial charge < -0.3 is 15.2 Å². The third kappa shape index (κ3) is 6.09. The summed E-state index contributed by atoms with van der Waals surface area (Å²) in [5, 5.41) is 11.0. The van der Waals surface area contributed by atoms with Gasteiger partial charge in [0, 0.05) is 38.3 Å². The highest BCUT2D eigenvalue weighted by atomic mass is 16.5. The van der Waals surface area contributed by atoms with Crippen LogP contribution in [-0.4, -0.2) is 41.7 Å². The molecule has 0 spiro atoms. The molecule has 3 rings (SSSR count). The van der Waals surface area contributed by atoms with Crippen LogP contribution in [0.15, 0.2) is 39.8 Å². The molecule has 0 unspecified atom stereocenters. The molecule has 2 N–H and O–H groups in total. The molecule has 1 aliphatic heterocycles. The highest BCUT2D eigenvalue weighted by Crippen LogP contribution is 2.15. The lowest BCUT2D eigenvalue weighted by Crippen LogP contribution is -2.48. The molecule has 1 saturated heterocycles. The van der Waals surface area contributed by atoms with Crippen LogP contribution in [0.2, 0.25) is 0 Å². The molecule has 152 valence electrons. The minimum absolute atomic E-state index is 0.451. The summed E-state index contributed by atoms with van der Waals surface area (Å²) < 4.78 is 5.33. The molecule has 6 nitrogen and oxygen atoms in total. The van der Waals surface area contributed by atoms with E-state index in [2.05, 4.69) is 70.7 Å². The third-order valence-corrected chi connectivity index (χ3v) is 5.12. The molecule has 1 fully saturated rings. The van der Waals surface area contributed by atoms with Gasteiger partial charge >= 0.3 is 0 Å². The second-order valence-corrected chi connectivity index (χ2v) is 7.52. The topological polar surface area (TPSA) is 65.7 Å². The van der Waals surface area contributed by atoms with E-state index in [9.17, 15) is 0 Å². The van der Waals surface area contributed by atoms with Gasteiger partial charge in [-0.05, 0) is 38.7 Å². The van der Waals surface area contributed by atoms with Crippen molar-refractivity contribution in [2.45, 2.75) is 59.2 Å². The normalized spacial score (nSPS) is 16.3. The number of likely N-dealkylation sites (tertiary alicyclic amines) is 1. The van der Waals surface area contributed by atoms with Crippen molar-refractivity contribution in [1.82, 2.24) is 20.7 Å². The summed E-state index contributed by atoms with van der Waals surface area (Å²) >= 11 is 0. The van der Waals surface area contributed by atoms with Crippen molar-refractivity contribution in [2.24, 2.45) is 4.99 Å². The largest absolute Gasteiger partial charge is 0.359 e. The maximum absolute atomic E-state index is 5.33. The maximum atomic E-state index is 5.33. The summed E-state index contributed by atoms with van der Waals surface area (Å²) in [6.07, 6.45) is 3.13. The standard InChI is InChI=1S/C22H33N5O/c1-4-19-14-21(28-26-19)15-24-22(23-5-2)25-20-9-11-27(12-10-20)16-18-8-6-7-17(3)13-18/h6-8,13-14,20H,4-5,9-12,15-16H2,1-3H3,(H2,23,24,25). The molecule has 0 saturated carbocycles. The summed E-state index contributed by atoms with van der Waals surface area (Å²) in [6.45, 7) is 10.9. The number of hydrogen-bond donors (Lipinski definition) is 2. The van der Waals surface area contributed by atoms with Crippen molar-refractivity contribution in [3.05, 3.63) is 52.9 Å². The summed E-state index contributed by atoms with van der Waals surface area (Å²) in [4.78, 5) is 7.21. The maximum Gasteiger partial charge on any atom is 0.191 e. The minimum atomic E-state index is 0.451. The second kappa shape index (κ2) is 10.3. The Morgan fingerprint density at radius 1 is 1.25 bits per heavy atom. The van der Waals surface area contributed by atoms with Crippen molar-refractivity contribution in [3.63, 3.8) is 0 Å². The van der Waals surface area contributed by atoms with Crippen LogP contribution in [0.1, 0.15) is 49.3 Å². The molecule has 6 heteroatoms. The summed E-state index contributed by atoms with van der Waals surface area (Å²) in [5.74, 6) is 1.66. The monoisotopic (exact) mass is 383 g/mol. The Morgan fingerprint density at radius 2 is 2.07 bits per heavy atom. The van der Waals surface area contributed by atoms with E-state index in [0.29, 0.717) is 12.6 Å². The van der Waals surface area contributed by atoms with Crippen LogP contribution in [0.4, 0.5) is 0 Å². The predicted molar refractivity (Wildman–Crippen MR) is 113 cm³/mol. The molecular weight excluding hydrogens is 350 g/mol. The number of rotatable bonds is 7. The molecule has 0 amide bonds. The van der Waals surface area contributed by atoms with E-state index in [4.69, 9.17) is 4.52 Å². The van der Waals surface area contributed by atoms with Gasteiger partial charge in [0.2, 0.25) is 0 Å². The van der Waals surface area contributed by atoms with Gasteiger partial charge in [0.15, 0.2) is 11.7 Å². The van der Waals surface area contributed by atoms with E-state index in [1.54, 1.807) is 0 Å². The number of piperidine rings is 1. The number of aryl methyl sites for hydroxylation is 2. The summed E-state index contributed by atoms with van der Waals surface area (Å²) in [5.41, 5.74) is 3.71. The molecule has 0 bridgehead atoms. The van der Waals surface area contributed by atoms with Crippen LogP contribution in [0, 0.1) is 6.92 Å². The summed E-state index contributed by atoms with van der Waals surface area (Å²) in [6, 6.07) is 11.2. The SMILES string of the molecule is CCNC(=NCc1cc(CC)no1)NC1CCN(Cc2cccc(C)c2)CC1. The fraction of sp³-hybridized carbons (Fsp3) is 0.545. The van der Waals surface area contributed by atoms with Gasteiger partial charge in [-0.25, -0.2) is 4.99 Å². The lowest BCUT2D eigenvalue weighted by Gasteiger charge is -2.33. The zero-order valence-corrected chi connectivity index (χ0v) is 17.4. The molecule has 0 aliphatic carbocycles. The third-order valence-electron chi connectivity index (χ3n) is 5.12. The highest BCUT2D eigenvalue weighted by molar-refractivity contribution is 5.80. The molecular formula is C22H33N5O. The molecule has 2 heterocycles. The van der Waals surface area contributed by atoms with Crippen LogP contribution in [0.5, 0.6) is 0 Å². The van der Waals surface area contributed by atoms with Gasteiger partial charge in [-0.1, -0.05) is 41.9 Å². The van der Waals surface area contributed by atoms with E-state index >= 15 is 0 Å². The number of nitrogens with one attached hydrogen (secondary N) is 2. The zero-order valence-electron chi connectivity index (χ0n) is 17.4. The fourth-order valence-electron chi connectivity index (χ4n) is 3.57. The van der Waals surface area contributed by atoms with Gasteiger partial charge in [-0.15, -0.1) is 0 Å². The Morgan fingerprint density at radius 3 is 2.75 bits per heavy atom. The van der Waals surface area contributed by atoms with Crippen LogP contribution in [-0.2, 0) is 19.5 Å². The Bertz CT molecular complexity index is 762. The number of aliphatic imine (C=N–C) groups is 1. The van der Waals surface area contributed by atoms with Crippen molar-refractivity contribution in [3.8, 4) is 0 Å². The first-order valence-electron chi connectivity index (χ1n) is 10.4. The van der Waals surface area contributed by atoms with Crippen LogP contribution in [0.3, 0.4) is 0 Å². The fourth-order valence-corrected chi connectivity index (χ4v) is 3.57. The zero-order chi connectivity index (χ0) is 19.8. The predicted octanol–water partition coefficient (Wildman–Crippen LogP) is 3.27. The molecule has 1 aromatic carbocycles. The second-order valence-electron chi connectivity index (χ2n) is 7.52. The van der Waals surface area contributed by atoms with E-state index < -0.39 is 0 Å². The Kier molecular flexibility index (Phi) is 7.48. The quantitative estimate of drug-likeness (QED) is 0.567. The molecule has 0 radical (unpaired) electrons. The van der Waals surface area contributed by atoms with Gasteiger partial charge in [-0.3, -0.25) is 4.90 Å². The Balaban J connectivity index is 1.48. The molecule has 2 aromatic rings. The number of guanidine groups is 1. The average Bonchev–Trinajstić information content (AvgIpc) is 3.16. The van der Waals surface area contributed by atoms with E-state index in [0.717, 1.165) is 62.9 Å².